The summed E-state index contributed by atoms with van der Waals surface area (Å²) >= 11 is 15.8. The molecule has 8 heteroatoms. The Kier molecular flexibility index (Phi) is 6.34. The fourth-order valence-corrected chi connectivity index (χ4v) is 5.62. The molecule has 2 aromatic heterocycles. The highest BCUT2D eigenvalue weighted by Gasteiger charge is 2.42. The molecule has 0 spiro atoms. The largest absolute Gasteiger partial charge is 0.506 e. The number of aromatic hydroxyl groups is 1. The second kappa shape index (κ2) is 9.30. The van der Waals surface area contributed by atoms with Crippen LogP contribution in [0, 0.1) is 20.8 Å². The van der Waals surface area contributed by atoms with Crippen LogP contribution in [0.4, 0.5) is 5.69 Å². The van der Waals surface area contributed by atoms with Crippen LogP contribution in [0.15, 0.2) is 71.3 Å². The fraction of sp³-hybridized carbons (Fsp3) is 0.185. The van der Waals surface area contributed by atoms with Crippen molar-refractivity contribution in [3.63, 3.8) is 0 Å². The molecule has 178 valence electrons. The van der Waals surface area contributed by atoms with E-state index in [1.165, 1.54) is 0 Å². The first kappa shape index (κ1) is 23.9. The van der Waals surface area contributed by atoms with Crippen molar-refractivity contribution in [2.75, 3.05) is 4.90 Å². The number of aromatic nitrogens is 2. The molecule has 35 heavy (non-hydrogen) atoms. The van der Waals surface area contributed by atoms with Gasteiger partial charge in [-0.2, -0.15) is 0 Å². The van der Waals surface area contributed by atoms with E-state index in [9.17, 15) is 5.11 Å². The molecular weight excluding hydrogens is 544 g/mol. The van der Waals surface area contributed by atoms with E-state index in [-0.39, 0.29) is 17.8 Å². The standard InChI is InChI=1S/C27H24BrClN4OS/c1-15-12-19(8-9-21(15)28)33-26(25(31-27(33)35)22-6-4-5-11-30-22)20-13-16(2)32(17(20)3)23-14-18(29)7-10-24(23)34/h4-14,25-26,34H,1-3H3,(H,31,35)/t25-,26-/m0/s1. The van der Waals surface area contributed by atoms with Crippen LogP contribution in [0.25, 0.3) is 5.69 Å². The van der Waals surface area contributed by atoms with E-state index in [2.05, 4.69) is 63.2 Å². The zero-order chi connectivity index (χ0) is 24.9. The number of phenolic OH excluding ortho intramolecular Hbond substituents is 1. The van der Waals surface area contributed by atoms with Crippen LogP contribution in [0.2, 0.25) is 5.02 Å². The Morgan fingerprint density at radius 2 is 1.86 bits per heavy atom. The highest BCUT2D eigenvalue weighted by atomic mass is 79.9. The summed E-state index contributed by atoms with van der Waals surface area (Å²) < 4.78 is 3.09. The van der Waals surface area contributed by atoms with Crippen molar-refractivity contribution in [1.82, 2.24) is 14.9 Å². The third kappa shape index (κ3) is 4.22. The molecule has 0 bridgehead atoms. The second-order valence-corrected chi connectivity index (χ2v) is 10.4. The fourth-order valence-electron chi connectivity index (χ4n) is 4.86. The number of halogens is 2. The molecule has 2 aromatic carbocycles. The highest BCUT2D eigenvalue weighted by molar-refractivity contribution is 9.10. The van der Waals surface area contributed by atoms with Crippen LogP contribution in [0.3, 0.4) is 0 Å². The normalized spacial score (nSPS) is 17.6. The number of benzene rings is 2. The van der Waals surface area contributed by atoms with Gasteiger partial charge in [-0.15, -0.1) is 0 Å². The maximum absolute atomic E-state index is 10.6. The van der Waals surface area contributed by atoms with Gasteiger partial charge in [-0.25, -0.2) is 0 Å². The Labute approximate surface area is 223 Å². The Morgan fingerprint density at radius 3 is 2.57 bits per heavy atom. The Morgan fingerprint density at radius 1 is 1.06 bits per heavy atom. The summed E-state index contributed by atoms with van der Waals surface area (Å²) in [6.45, 7) is 6.16. The molecule has 1 saturated heterocycles. The second-order valence-electron chi connectivity index (χ2n) is 8.73. The first-order valence-electron chi connectivity index (χ1n) is 11.2. The number of nitrogens with zero attached hydrogens (tertiary/aromatic N) is 3. The maximum Gasteiger partial charge on any atom is 0.174 e. The van der Waals surface area contributed by atoms with E-state index in [0.717, 1.165) is 38.4 Å². The van der Waals surface area contributed by atoms with Crippen LogP contribution in [0.5, 0.6) is 5.75 Å². The van der Waals surface area contributed by atoms with Crippen LogP contribution in [-0.4, -0.2) is 19.8 Å². The van der Waals surface area contributed by atoms with E-state index in [4.69, 9.17) is 23.8 Å². The minimum absolute atomic E-state index is 0.153. The molecular formula is C27H24BrClN4OS. The first-order valence-corrected chi connectivity index (χ1v) is 12.8. The van der Waals surface area contributed by atoms with E-state index in [1.54, 1.807) is 24.4 Å². The van der Waals surface area contributed by atoms with Crippen molar-refractivity contribution in [3.05, 3.63) is 105 Å². The van der Waals surface area contributed by atoms with Crippen molar-refractivity contribution in [3.8, 4) is 11.4 Å². The van der Waals surface area contributed by atoms with Crippen molar-refractivity contribution >= 4 is 50.5 Å². The molecule has 0 unspecified atom stereocenters. The Hall–Kier alpha value is -2.87. The summed E-state index contributed by atoms with van der Waals surface area (Å²) in [5.74, 6) is 0.171. The predicted octanol–water partition coefficient (Wildman–Crippen LogP) is 7.10. The van der Waals surface area contributed by atoms with Gasteiger partial charge in [0, 0.05) is 32.8 Å². The van der Waals surface area contributed by atoms with Crippen LogP contribution >= 0.6 is 39.7 Å². The van der Waals surface area contributed by atoms with Gasteiger partial charge in [0.15, 0.2) is 5.11 Å². The number of anilines is 1. The molecule has 1 aliphatic rings. The molecule has 2 atom stereocenters. The molecule has 0 amide bonds. The van der Waals surface area contributed by atoms with Gasteiger partial charge in [0.1, 0.15) is 5.75 Å². The van der Waals surface area contributed by atoms with E-state index in [0.29, 0.717) is 15.8 Å². The molecule has 1 aliphatic heterocycles. The Balaban J connectivity index is 1.71. The summed E-state index contributed by atoms with van der Waals surface area (Å²) in [5.41, 5.74) is 6.75. The lowest BCUT2D eigenvalue weighted by molar-refractivity contribution is 0.471. The monoisotopic (exact) mass is 566 g/mol. The van der Waals surface area contributed by atoms with E-state index < -0.39 is 0 Å². The van der Waals surface area contributed by atoms with E-state index >= 15 is 0 Å². The number of nitrogens with one attached hydrogen (secondary N) is 1. The van der Waals surface area contributed by atoms with Gasteiger partial charge < -0.3 is 19.9 Å². The summed E-state index contributed by atoms with van der Waals surface area (Å²) in [6.07, 6.45) is 1.80. The summed E-state index contributed by atoms with van der Waals surface area (Å²) in [7, 11) is 0. The Bertz CT molecular complexity index is 1440. The number of rotatable bonds is 4. The van der Waals surface area contributed by atoms with Crippen molar-refractivity contribution in [1.29, 1.82) is 0 Å². The zero-order valence-corrected chi connectivity index (χ0v) is 22.6. The van der Waals surface area contributed by atoms with Gasteiger partial charge in [0.25, 0.3) is 0 Å². The molecule has 0 aliphatic carbocycles. The molecule has 0 saturated carbocycles. The average molecular weight is 568 g/mol. The van der Waals surface area contributed by atoms with Gasteiger partial charge in [-0.1, -0.05) is 33.6 Å². The van der Waals surface area contributed by atoms with Crippen molar-refractivity contribution < 1.29 is 5.11 Å². The zero-order valence-electron chi connectivity index (χ0n) is 19.5. The molecule has 0 radical (unpaired) electrons. The summed E-state index contributed by atoms with van der Waals surface area (Å²) in [5, 5.41) is 15.4. The molecule has 2 N–H and O–H groups in total. The topological polar surface area (TPSA) is 53.3 Å². The lowest BCUT2D eigenvalue weighted by atomic mass is 9.96. The van der Waals surface area contributed by atoms with Gasteiger partial charge in [0.2, 0.25) is 0 Å². The van der Waals surface area contributed by atoms with Crippen LogP contribution in [0.1, 0.15) is 40.3 Å². The number of pyridine rings is 1. The predicted molar refractivity (Wildman–Crippen MR) is 149 cm³/mol. The highest BCUT2D eigenvalue weighted by Crippen LogP contribution is 2.44. The number of phenols is 1. The molecule has 3 heterocycles. The average Bonchev–Trinajstić information content (AvgIpc) is 3.33. The maximum atomic E-state index is 10.6. The minimum atomic E-state index is -0.158. The molecule has 4 aromatic rings. The summed E-state index contributed by atoms with van der Waals surface area (Å²) in [6, 6.07) is 19.1. The smallest absolute Gasteiger partial charge is 0.174 e. The van der Waals surface area contributed by atoms with E-state index in [1.807, 2.05) is 35.8 Å². The quantitative estimate of drug-likeness (QED) is 0.258. The lowest BCUT2D eigenvalue weighted by Gasteiger charge is -2.28. The van der Waals surface area contributed by atoms with Crippen molar-refractivity contribution in [2.24, 2.45) is 0 Å². The third-order valence-corrected chi connectivity index (χ3v) is 7.92. The van der Waals surface area contributed by atoms with Gasteiger partial charge in [0.05, 0.1) is 23.5 Å². The number of aryl methyl sites for hydroxylation is 2. The van der Waals surface area contributed by atoms with Gasteiger partial charge in [-0.05, 0) is 98.7 Å². The summed E-state index contributed by atoms with van der Waals surface area (Å²) in [4.78, 5) is 6.82. The molecule has 5 nitrogen and oxygen atoms in total. The SMILES string of the molecule is Cc1cc(N2C(=S)N[C@@H](c3ccccn3)[C@@H]2c2cc(C)n(-c3cc(Cl)ccc3O)c2C)ccc1Br. The first-order chi connectivity index (χ1) is 16.8. The molecule has 5 rings (SSSR count). The number of hydrogen-bond acceptors (Lipinski definition) is 3. The van der Waals surface area contributed by atoms with Crippen LogP contribution in [-0.2, 0) is 0 Å². The van der Waals surface area contributed by atoms with Crippen molar-refractivity contribution in [2.45, 2.75) is 32.9 Å². The molecule has 1 fully saturated rings. The lowest BCUT2D eigenvalue weighted by Crippen LogP contribution is -2.29. The number of hydrogen-bond donors (Lipinski definition) is 2. The number of thiocarbonyl (C=S) groups is 1. The van der Waals surface area contributed by atoms with Crippen LogP contribution < -0.4 is 10.2 Å². The van der Waals surface area contributed by atoms with Gasteiger partial charge >= 0.3 is 0 Å². The third-order valence-electron chi connectivity index (χ3n) is 6.49. The van der Waals surface area contributed by atoms with Gasteiger partial charge in [-0.3, -0.25) is 4.98 Å². The minimum Gasteiger partial charge on any atom is -0.506 e.